The topological polar surface area (TPSA) is 75.3 Å². The van der Waals surface area contributed by atoms with Crippen LogP contribution in [0.4, 0.5) is 0 Å². The molecule has 1 heterocycles. The average Bonchev–Trinajstić information content (AvgIpc) is 2.51. The molecule has 5 heteroatoms. The Kier molecular flexibility index (Phi) is 2.90. The molecule has 0 saturated heterocycles. The van der Waals surface area contributed by atoms with Gasteiger partial charge < -0.3 is 14.8 Å². The highest BCUT2D eigenvalue weighted by molar-refractivity contribution is 5.73. The number of aliphatic hydroxyl groups is 1. The van der Waals surface area contributed by atoms with Gasteiger partial charge in [0.1, 0.15) is 0 Å². The Morgan fingerprint density at radius 3 is 2.71 bits per heavy atom. The number of aromatic nitrogens is 2. The standard InChI is InChI=1S/C9H14N2O3/c1-9(2,8(13)14)5-11-3-7(4-12)10-6-11/h3,6,12H,4-5H2,1-2H3,(H,13,14). The van der Waals surface area contributed by atoms with Gasteiger partial charge in [0.2, 0.25) is 0 Å². The predicted octanol–water partition coefficient (Wildman–Crippen LogP) is 0.486. The van der Waals surface area contributed by atoms with Crippen LogP contribution in [0.25, 0.3) is 0 Å². The summed E-state index contributed by atoms with van der Waals surface area (Å²) in [6.07, 6.45) is 3.17. The van der Waals surface area contributed by atoms with Gasteiger partial charge in [0.05, 0.1) is 24.0 Å². The molecule has 5 nitrogen and oxygen atoms in total. The molecule has 1 aromatic rings. The lowest BCUT2D eigenvalue weighted by Gasteiger charge is -2.18. The summed E-state index contributed by atoms with van der Waals surface area (Å²) in [7, 11) is 0. The van der Waals surface area contributed by atoms with Crippen LogP contribution in [0.3, 0.4) is 0 Å². The summed E-state index contributed by atoms with van der Waals surface area (Å²) < 4.78 is 1.67. The molecule has 0 fully saturated rings. The Morgan fingerprint density at radius 2 is 2.29 bits per heavy atom. The second-order valence-electron chi connectivity index (χ2n) is 3.88. The smallest absolute Gasteiger partial charge is 0.310 e. The molecule has 1 rings (SSSR count). The number of aliphatic hydroxyl groups excluding tert-OH is 1. The van der Waals surface area contributed by atoms with E-state index in [1.54, 1.807) is 24.6 Å². The fraction of sp³-hybridized carbons (Fsp3) is 0.556. The van der Waals surface area contributed by atoms with E-state index in [9.17, 15) is 4.79 Å². The highest BCUT2D eigenvalue weighted by Crippen LogP contribution is 2.18. The molecule has 78 valence electrons. The zero-order valence-corrected chi connectivity index (χ0v) is 8.27. The van der Waals surface area contributed by atoms with Crippen LogP contribution in [0, 0.1) is 5.41 Å². The van der Waals surface area contributed by atoms with Crippen molar-refractivity contribution in [3.8, 4) is 0 Å². The summed E-state index contributed by atoms with van der Waals surface area (Å²) in [6.45, 7) is 3.51. The van der Waals surface area contributed by atoms with Gasteiger partial charge in [-0.1, -0.05) is 0 Å². The summed E-state index contributed by atoms with van der Waals surface area (Å²) in [5.41, 5.74) is -0.279. The van der Waals surface area contributed by atoms with Gasteiger partial charge in [-0.15, -0.1) is 0 Å². The summed E-state index contributed by atoms with van der Waals surface area (Å²) >= 11 is 0. The lowest BCUT2D eigenvalue weighted by atomic mass is 9.94. The minimum Gasteiger partial charge on any atom is -0.481 e. The molecule has 1 aromatic heterocycles. The molecule has 0 aliphatic rings. The fourth-order valence-corrected chi connectivity index (χ4v) is 1.10. The molecule has 0 unspecified atom stereocenters. The molecular weight excluding hydrogens is 184 g/mol. The van der Waals surface area contributed by atoms with Crippen molar-refractivity contribution in [2.24, 2.45) is 5.41 Å². The fourth-order valence-electron chi connectivity index (χ4n) is 1.10. The third-order valence-electron chi connectivity index (χ3n) is 2.01. The maximum atomic E-state index is 10.8. The number of hydrogen-bond donors (Lipinski definition) is 2. The second kappa shape index (κ2) is 3.79. The molecule has 0 spiro atoms. The van der Waals surface area contributed by atoms with Crippen LogP contribution in [0.2, 0.25) is 0 Å². The van der Waals surface area contributed by atoms with Crippen LogP contribution in [0.15, 0.2) is 12.5 Å². The van der Waals surface area contributed by atoms with E-state index < -0.39 is 11.4 Å². The molecule has 0 aliphatic carbocycles. The van der Waals surface area contributed by atoms with Gasteiger partial charge in [-0.3, -0.25) is 4.79 Å². The first-order valence-corrected chi connectivity index (χ1v) is 4.30. The van der Waals surface area contributed by atoms with Gasteiger partial charge in [0.15, 0.2) is 0 Å². The normalized spacial score (nSPS) is 11.6. The van der Waals surface area contributed by atoms with Crippen LogP contribution in [-0.4, -0.2) is 25.7 Å². The predicted molar refractivity (Wildman–Crippen MR) is 49.6 cm³/mol. The van der Waals surface area contributed by atoms with E-state index in [0.29, 0.717) is 12.2 Å². The van der Waals surface area contributed by atoms with E-state index in [-0.39, 0.29) is 6.61 Å². The first-order valence-electron chi connectivity index (χ1n) is 4.30. The maximum Gasteiger partial charge on any atom is 0.310 e. The van der Waals surface area contributed by atoms with E-state index >= 15 is 0 Å². The molecule has 0 aliphatic heterocycles. The van der Waals surface area contributed by atoms with E-state index in [2.05, 4.69) is 4.98 Å². The van der Waals surface area contributed by atoms with E-state index in [1.165, 1.54) is 6.33 Å². The van der Waals surface area contributed by atoms with Gasteiger partial charge in [0.25, 0.3) is 0 Å². The minimum atomic E-state index is -0.850. The Labute approximate surface area is 82.0 Å². The number of carboxylic acid groups (broad SMARTS) is 1. The molecule has 0 atom stereocenters. The molecule has 0 aromatic carbocycles. The molecular formula is C9H14N2O3. The Balaban J connectivity index is 2.73. The lowest BCUT2D eigenvalue weighted by Crippen LogP contribution is -2.28. The van der Waals surface area contributed by atoms with Crippen molar-refractivity contribution in [3.05, 3.63) is 18.2 Å². The molecule has 2 N–H and O–H groups in total. The Bertz CT molecular complexity index is 331. The van der Waals surface area contributed by atoms with Gasteiger partial charge in [-0.05, 0) is 13.8 Å². The zero-order valence-electron chi connectivity index (χ0n) is 8.27. The van der Waals surface area contributed by atoms with Crippen molar-refractivity contribution in [2.45, 2.75) is 27.0 Å². The van der Waals surface area contributed by atoms with Gasteiger partial charge >= 0.3 is 5.97 Å². The third-order valence-corrected chi connectivity index (χ3v) is 2.01. The minimum absolute atomic E-state index is 0.125. The van der Waals surface area contributed by atoms with Gasteiger partial charge in [-0.2, -0.15) is 0 Å². The summed E-state index contributed by atoms with van der Waals surface area (Å²) in [6, 6.07) is 0. The van der Waals surface area contributed by atoms with E-state index in [1.807, 2.05) is 0 Å². The van der Waals surface area contributed by atoms with Crippen LogP contribution >= 0.6 is 0 Å². The lowest BCUT2D eigenvalue weighted by molar-refractivity contribution is -0.147. The van der Waals surface area contributed by atoms with Crippen molar-refractivity contribution >= 4 is 5.97 Å². The number of rotatable bonds is 4. The molecule has 14 heavy (non-hydrogen) atoms. The molecule has 0 amide bonds. The average molecular weight is 198 g/mol. The van der Waals surface area contributed by atoms with Crippen molar-refractivity contribution in [1.29, 1.82) is 0 Å². The first kappa shape index (κ1) is 10.7. The van der Waals surface area contributed by atoms with Crippen LogP contribution < -0.4 is 0 Å². The van der Waals surface area contributed by atoms with Crippen molar-refractivity contribution in [1.82, 2.24) is 9.55 Å². The molecule has 0 radical (unpaired) electrons. The van der Waals surface area contributed by atoms with Crippen LogP contribution in [0.5, 0.6) is 0 Å². The number of carboxylic acids is 1. The Hall–Kier alpha value is -1.36. The molecule has 0 bridgehead atoms. The van der Waals surface area contributed by atoms with Gasteiger partial charge in [0, 0.05) is 12.7 Å². The number of hydrogen-bond acceptors (Lipinski definition) is 3. The SMILES string of the molecule is CC(C)(Cn1cnc(CO)c1)C(=O)O. The quantitative estimate of drug-likeness (QED) is 0.738. The summed E-state index contributed by atoms with van der Waals surface area (Å²) in [4.78, 5) is 14.7. The zero-order chi connectivity index (χ0) is 10.8. The monoisotopic (exact) mass is 198 g/mol. The van der Waals surface area contributed by atoms with Crippen LogP contribution in [-0.2, 0) is 17.9 Å². The number of nitrogens with zero attached hydrogens (tertiary/aromatic N) is 2. The largest absolute Gasteiger partial charge is 0.481 e. The highest BCUT2D eigenvalue weighted by atomic mass is 16.4. The number of carbonyl (C=O) groups is 1. The first-order chi connectivity index (χ1) is 6.45. The number of aliphatic carboxylic acids is 1. The van der Waals surface area contributed by atoms with E-state index in [0.717, 1.165) is 0 Å². The second-order valence-corrected chi connectivity index (χ2v) is 3.88. The highest BCUT2D eigenvalue weighted by Gasteiger charge is 2.27. The summed E-state index contributed by atoms with van der Waals surface area (Å²) in [5, 5.41) is 17.6. The van der Waals surface area contributed by atoms with Crippen molar-refractivity contribution in [3.63, 3.8) is 0 Å². The van der Waals surface area contributed by atoms with E-state index in [4.69, 9.17) is 10.2 Å². The summed E-state index contributed by atoms with van der Waals surface area (Å²) in [5.74, 6) is -0.850. The Morgan fingerprint density at radius 1 is 1.64 bits per heavy atom. The third kappa shape index (κ3) is 2.32. The maximum absolute atomic E-state index is 10.8. The van der Waals surface area contributed by atoms with Crippen molar-refractivity contribution in [2.75, 3.05) is 0 Å². The number of imidazole rings is 1. The van der Waals surface area contributed by atoms with Crippen LogP contribution in [0.1, 0.15) is 19.5 Å². The van der Waals surface area contributed by atoms with Crippen molar-refractivity contribution < 1.29 is 15.0 Å². The molecule has 0 saturated carbocycles. The van der Waals surface area contributed by atoms with Gasteiger partial charge in [-0.25, -0.2) is 4.98 Å².